The van der Waals surface area contributed by atoms with Gasteiger partial charge in [-0.3, -0.25) is 0 Å². The fourth-order valence-corrected chi connectivity index (χ4v) is 2.41. The lowest BCUT2D eigenvalue weighted by Crippen LogP contribution is -2.18. The maximum absolute atomic E-state index is 5.86. The number of fused-ring (bicyclic) bond motifs is 1. The highest BCUT2D eigenvalue weighted by atomic mass is 79.9. The van der Waals surface area contributed by atoms with Crippen LogP contribution in [-0.4, -0.2) is 9.97 Å². The van der Waals surface area contributed by atoms with Gasteiger partial charge in [0.1, 0.15) is 17.7 Å². The second-order valence-corrected chi connectivity index (χ2v) is 5.55. The second kappa shape index (κ2) is 5.73. The lowest BCUT2D eigenvalue weighted by atomic mass is 10.2. The zero-order valence-electron chi connectivity index (χ0n) is 11.0. The summed E-state index contributed by atoms with van der Waals surface area (Å²) in [5.74, 6) is 0.923. The Labute approximate surface area is 125 Å². The van der Waals surface area contributed by atoms with E-state index in [1.165, 1.54) is 0 Å². The van der Waals surface area contributed by atoms with Gasteiger partial charge in [-0.1, -0.05) is 15.9 Å². The number of furan rings is 1. The number of hydrogen-bond donors (Lipinski definition) is 1. The van der Waals surface area contributed by atoms with E-state index >= 15 is 0 Å². The van der Waals surface area contributed by atoms with Gasteiger partial charge in [0.15, 0.2) is 0 Å². The van der Waals surface area contributed by atoms with Crippen LogP contribution in [0.2, 0.25) is 0 Å². The molecule has 0 amide bonds. The third-order valence-electron chi connectivity index (χ3n) is 3.16. The third kappa shape index (κ3) is 2.89. The van der Waals surface area contributed by atoms with E-state index in [-0.39, 0.29) is 6.04 Å². The largest absolute Gasteiger partial charge is 0.459 e. The molecular formula is C15H14BrN3O. The fourth-order valence-electron chi connectivity index (χ4n) is 2.03. The Balaban J connectivity index is 1.73. The van der Waals surface area contributed by atoms with Crippen LogP contribution in [0, 0.1) is 0 Å². The van der Waals surface area contributed by atoms with E-state index in [0.29, 0.717) is 6.54 Å². The summed E-state index contributed by atoms with van der Waals surface area (Å²) in [6.07, 6.45) is 3.30. The Hall–Kier alpha value is -1.72. The number of nitrogens with zero attached hydrogens (tertiary/aromatic N) is 2. The number of halogens is 1. The summed E-state index contributed by atoms with van der Waals surface area (Å²) in [7, 11) is 0. The normalized spacial score (nSPS) is 12.7. The van der Waals surface area contributed by atoms with E-state index in [4.69, 9.17) is 4.42 Å². The van der Waals surface area contributed by atoms with Crippen LogP contribution in [0.25, 0.3) is 11.0 Å². The minimum Gasteiger partial charge on any atom is -0.459 e. The molecule has 4 nitrogen and oxygen atoms in total. The smallest absolute Gasteiger partial charge is 0.134 e. The molecule has 1 atom stereocenters. The van der Waals surface area contributed by atoms with E-state index in [9.17, 15) is 0 Å². The first-order valence-corrected chi connectivity index (χ1v) is 7.19. The van der Waals surface area contributed by atoms with Gasteiger partial charge < -0.3 is 9.73 Å². The van der Waals surface area contributed by atoms with Gasteiger partial charge in [-0.2, -0.15) is 0 Å². The lowest BCUT2D eigenvalue weighted by molar-refractivity contribution is 0.449. The highest BCUT2D eigenvalue weighted by molar-refractivity contribution is 9.10. The summed E-state index contributed by atoms with van der Waals surface area (Å²) >= 11 is 3.47. The molecular weight excluding hydrogens is 318 g/mol. The molecule has 1 aromatic carbocycles. The molecule has 2 aromatic heterocycles. The van der Waals surface area contributed by atoms with Gasteiger partial charge in [-0.05, 0) is 37.3 Å². The predicted octanol–water partition coefficient (Wildman–Crippen LogP) is 3.84. The minimum absolute atomic E-state index is 0.121. The molecule has 20 heavy (non-hydrogen) atoms. The van der Waals surface area contributed by atoms with Crippen molar-refractivity contribution in [1.29, 1.82) is 0 Å². The maximum Gasteiger partial charge on any atom is 0.134 e. The Morgan fingerprint density at radius 1 is 1.30 bits per heavy atom. The SMILES string of the molecule is CC(NCc1ccncn1)c1cc2cc(Br)ccc2o1. The van der Waals surface area contributed by atoms with Crippen molar-refractivity contribution >= 4 is 26.9 Å². The molecule has 2 heterocycles. The summed E-state index contributed by atoms with van der Waals surface area (Å²) in [6, 6.07) is 10.1. The number of aromatic nitrogens is 2. The summed E-state index contributed by atoms with van der Waals surface area (Å²) in [5.41, 5.74) is 1.87. The highest BCUT2D eigenvalue weighted by Crippen LogP contribution is 2.26. The molecule has 5 heteroatoms. The molecule has 102 valence electrons. The quantitative estimate of drug-likeness (QED) is 0.789. The van der Waals surface area contributed by atoms with E-state index in [0.717, 1.165) is 26.9 Å². The van der Waals surface area contributed by atoms with Crippen molar-refractivity contribution in [3.8, 4) is 0 Å². The molecule has 1 N–H and O–H groups in total. The van der Waals surface area contributed by atoms with Crippen LogP contribution in [0.3, 0.4) is 0 Å². The topological polar surface area (TPSA) is 51.0 Å². The lowest BCUT2D eigenvalue weighted by Gasteiger charge is -2.10. The number of rotatable bonds is 4. The van der Waals surface area contributed by atoms with Crippen molar-refractivity contribution in [2.75, 3.05) is 0 Å². The molecule has 0 bridgehead atoms. The first-order valence-electron chi connectivity index (χ1n) is 6.39. The summed E-state index contributed by atoms with van der Waals surface area (Å²) in [4.78, 5) is 8.09. The van der Waals surface area contributed by atoms with Gasteiger partial charge in [-0.15, -0.1) is 0 Å². The summed E-state index contributed by atoms with van der Waals surface area (Å²) in [5, 5.41) is 4.50. The van der Waals surface area contributed by atoms with E-state index < -0.39 is 0 Å². The highest BCUT2D eigenvalue weighted by Gasteiger charge is 2.11. The fraction of sp³-hybridized carbons (Fsp3) is 0.200. The first-order chi connectivity index (χ1) is 9.72. The monoisotopic (exact) mass is 331 g/mol. The second-order valence-electron chi connectivity index (χ2n) is 4.63. The summed E-state index contributed by atoms with van der Waals surface area (Å²) in [6.45, 7) is 2.76. The average molecular weight is 332 g/mol. The molecule has 0 aliphatic heterocycles. The Morgan fingerprint density at radius 3 is 3.00 bits per heavy atom. The van der Waals surface area contributed by atoms with Crippen LogP contribution >= 0.6 is 15.9 Å². The van der Waals surface area contributed by atoms with Gasteiger partial charge >= 0.3 is 0 Å². The number of hydrogen-bond acceptors (Lipinski definition) is 4. The molecule has 0 radical (unpaired) electrons. The van der Waals surface area contributed by atoms with Gasteiger partial charge in [0, 0.05) is 22.6 Å². The van der Waals surface area contributed by atoms with Crippen LogP contribution in [0.1, 0.15) is 24.4 Å². The third-order valence-corrected chi connectivity index (χ3v) is 3.65. The number of nitrogens with one attached hydrogen (secondary N) is 1. The van der Waals surface area contributed by atoms with Crippen LogP contribution in [-0.2, 0) is 6.54 Å². The van der Waals surface area contributed by atoms with E-state index in [1.54, 1.807) is 12.5 Å². The molecule has 0 saturated heterocycles. The van der Waals surface area contributed by atoms with Gasteiger partial charge in [0.25, 0.3) is 0 Å². The van der Waals surface area contributed by atoms with Crippen LogP contribution in [0.15, 0.2) is 51.7 Å². The molecule has 0 spiro atoms. The minimum atomic E-state index is 0.121. The van der Waals surface area contributed by atoms with E-state index in [2.05, 4.69) is 50.3 Å². The molecule has 0 aliphatic carbocycles. The van der Waals surface area contributed by atoms with Gasteiger partial charge in [0.05, 0.1) is 11.7 Å². The standard InChI is InChI=1S/C15H14BrN3O/c1-10(18-8-13-4-5-17-9-19-13)15-7-11-6-12(16)2-3-14(11)20-15/h2-7,9-10,18H,8H2,1H3. The summed E-state index contributed by atoms with van der Waals surface area (Å²) < 4.78 is 6.91. The van der Waals surface area contributed by atoms with Crippen LogP contribution in [0.4, 0.5) is 0 Å². The van der Waals surface area contributed by atoms with Crippen LogP contribution < -0.4 is 5.32 Å². The van der Waals surface area contributed by atoms with Crippen LogP contribution in [0.5, 0.6) is 0 Å². The van der Waals surface area contributed by atoms with Gasteiger partial charge in [0.2, 0.25) is 0 Å². The average Bonchev–Trinajstić information content (AvgIpc) is 2.89. The zero-order valence-corrected chi connectivity index (χ0v) is 12.6. The Kier molecular flexibility index (Phi) is 3.80. The Bertz CT molecular complexity index is 711. The van der Waals surface area contributed by atoms with Crippen molar-refractivity contribution in [1.82, 2.24) is 15.3 Å². The molecule has 0 fully saturated rings. The predicted molar refractivity (Wildman–Crippen MR) is 81.2 cm³/mol. The molecule has 1 unspecified atom stereocenters. The molecule has 3 aromatic rings. The van der Waals surface area contributed by atoms with E-state index in [1.807, 2.05) is 18.2 Å². The Morgan fingerprint density at radius 2 is 2.20 bits per heavy atom. The van der Waals surface area contributed by atoms with Crippen molar-refractivity contribution in [2.45, 2.75) is 19.5 Å². The zero-order chi connectivity index (χ0) is 13.9. The van der Waals surface area contributed by atoms with Gasteiger partial charge in [-0.25, -0.2) is 9.97 Å². The van der Waals surface area contributed by atoms with Crippen molar-refractivity contribution in [3.63, 3.8) is 0 Å². The number of benzene rings is 1. The van der Waals surface area contributed by atoms with Crippen molar-refractivity contribution in [2.24, 2.45) is 0 Å². The molecule has 3 rings (SSSR count). The molecule has 0 saturated carbocycles. The molecule has 0 aliphatic rings. The first kappa shape index (κ1) is 13.3. The van der Waals surface area contributed by atoms with Crippen molar-refractivity contribution < 1.29 is 4.42 Å². The maximum atomic E-state index is 5.86. The van der Waals surface area contributed by atoms with Crippen molar-refractivity contribution in [3.05, 3.63) is 58.8 Å².